The summed E-state index contributed by atoms with van der Waals surface area (Å²) in [5.41, 5.74) is 1.29. The Balaban J connectivity index is 1.38. The minimum atomic E-state index is 0.199. The number of amides is 1. The molecule has 0 spiro atoms. The maximum atomic E-state index is 12.4. The number of piperazine rings is 1. The van der Waals surface area contributed by atoms with Crippen molar-refractivity contribution in [2.75, 3.05) is 32.7 Å². The van der Waals surface area contributed by atoms with E-state index in [4.69, 9.17) is 11.6 Å². The van der Waals surface area contributed by atoms with Gasteiger partial charge in [-0.05, 0) is 36.5 Å². The standard InChI is InChI=1S/C20H30ClN3O/c1-16-4-2-3-5-19(16)22-20(25)15-24-12-10-23(11-13-24)14-17-6-8-18(21)9-7-17/h6-9,16,19H,2-5,10-15H2,1H3,(H,22,25). The highest BCUT2D eigenvalue weighted by molar-refractivity contribution is 6.30. The number of hydrogen-bond acceptors (Lipinski definition) is 3. The molecule has 1 aromatic rings. The van der Waals surface area contributed by atoms with Gasteiger partial charge in [0, 0.05) is 43.8 Å². The molecule has 2 atom stereocenters. The van der Waals surface area contributed by atoms with Crippen LogP contribution in [0.1, 0.15) is 38.2 Å². The Kier molecular flexibility index (Phi) is 6.74. The van der Waals surface area contributed by atoms with E-state index in [0.29, 0.717) is 18.5 Å². The molecule has 4 nitrogen and oxygen atoms in total. The highest BCUT2D eigenvalue weighted by atomic mass is 35.5. The highest BCUT2D eigenvalue weighted by Gasteiger charge is 2.24. The number of halogens is 1. The lowest BCUT2D eigenvalue weighted by molar-refractivity contribution is -0.124. The van der Waals surface area contributed by atoms with Crippen LogP contribution in [-0.2, 0) is 11.3 Å². The molecule has 0 aromatic heterocycles. The maximum absolute atomic E-state index is 12.4. The number of carbonyl (C=O) groups excluding carboxylic acids is 1. The molecule has 1 heterocycles. The van der Waals surface area contributed by atoms with Crippen LogP contribution in [0.4, 0.5) is 0 Å². The molecule has 1 N–H and O–H groups in total. The van der Waals surface area contributed by atoms with E-state index in [0.717, 1.165) is 44.2 Å². The van der Waals surface area contributed by atoms with Crippen molar-refractivity contribution in [3.05, 3.63) is 34.9 Å². The molecule has 25 heavy (non-hydrogen) atoms. The summed E-state index contributed by atoms with van der Waals surface area (Å²) in [5, 5.41) is 4.05. The van der Waals surface area contributed by atoms with Gasteiger partial charge in [0.2, 0.25) is 5.91 Å². The van der Waals surface area contributed by atoms with Gasteiger partial charge in [0.25, 0.3) is 0 Å². The Morgan fingerprint density at radius 3 is 2.40 bits per heavy atom. The Labute approximate surface area is 156 Å². The van der Waals surface area contributed by atoms with Gasteiger partial charge < -0.3 is 5.32 Å². The zero-order valence-electron chi connectivity index (χ0n) is 15.2. The molecule has 138 valence electrons. The predicted molar refractivity (Wildman–Crippen MR) is 103 cm³/mol. The van der Waals surface area contributed by atoms with Crippen molar-refractivity contribution in [1.29, 1.82) is 0 Å². The van der Waals surface area contributed by atoms with Gasteiger partial charge in [-0.15, -0.1) is 0 Å². The Morgan fingerprint density at radius 1 is 1.08 bits per heavy atom. The molecule has 2 fully saturated rings. The zero-order valence-corrected chi connectivity index (χ0v) is 16.0. The lowest BCUT2D eigenvalue weighted by Gasteiger charge is -2.35. The van der Waals surface area contributed by atoms with Crippen LogP contribution in [0.5, 0.6) is 0 Å². The molecule has 1 aliphatic heterocycles. The summed E-state index contributed by atoms with van der Waals surface area (Å²) in [7, 11) is 0. The monoisotopic (exact) mass is 363 g/mol. The first-order valence-corrected chi connectivity index (χ1v) is 9.96. The summed E-state index contributed by atoms with van der Waals surface area (Å²) < 4.78 is 0. The summed E-state index contributed by atoms with van der Waals surface area (Å²) in [4.78, 5) is 17.1. The number of hydrogen-bond donors (Lipinski definition) is 1. The molecule has 0 bridgehead atoms. The lowest BCUT2D eigenvalue weighted by Crippen LogP contribution is -2.51. The van der Waals surface area contributed by atoms with Gasteiger partial charge in [-0.25, -0.2) is 0 Å². The fourth-order valence-corrected chi connectivity index (χ4v) is 4.07. The molecule has 1 amide bonds. The van der Waals surface area contributed by atoms with Gasteiger partial charge in [0.15, 0.2) is 0 Å². The first-order valence-electron chi connectivity index (χ1n) is 9.58. The molecule has 1 aromatic carbocycles. The van der Waals surface area contributed by atoms with E-state index < -0.39 is 0 Å². The number of nitrogens with one attached hydrogen (secondary N) is 1. The normalized spacial score (nSPS) is 25.7. The Bertz CT molecular complexity index is 555. The topological polar surface area (TPSA) is 35.6 Å². The smallest absolute Gasteiger partial charge is 0.234 e. The van der Waals surface area contributed by atoms with Gasteiger partial charge >= 0.3 is 0 Å². The van der Waals surface area contributed by atoms with E-state index in [-0.39, 0.29) is 5.91 Å². The van der Waals surface area contributed by atoms with E-state index in [1.54, 1.807) is 0 Å². The zero-order chi connectivity index (χ0) is 17.6. The van der Waals surface area contributed by atoms with Gasteiger partial charge in [-0.2, -0.15) is 0 Å². The summed E-state index contributed by atoms with van der Waals surface area (Å²) in [5.74, 6) is 0.818. The minimum absolute atomic E-state index is 0.199. The molecule has 0 radical (unpaired) electrons. The van der Waals surface area contributed by atoms with Crippen LogP contribution in [-0.4, -0.2) is 54.5 Å². The van der Waals surface area contributed by atoms with Crippen LogP contribution < -0.4 is 5.32 Å². The van der Waals surface area contributed by atoms with E-state index in [1.165, 1.54) is 24.8 Å². The number of carbonyl (C=O) groups is 1. The average molecular weight is 364 g/mol. The van der Waals surface area contributed by atoms with Crippen LogP contribution >= 0.6 is 11.6 Å². The molecule has 2 aliphatic rings. The third kappa shape index (κ3) is 5.70. The van der Waals surface area contributed by atoms with Crippen molar-refractivity contribution in [1.82, 2.24) is 15.1 Å². The average Bonchev–Trinajstić information content (AvgIpc) is 2.61. The SMILES string of the molecule is CC1CCCCC1NC(=O)CN1CCN(Cc2ccc(Cl)cc2)CC1. The highest BCUT2D eigenvalue weighted by Crippen LogP contribution is 2.23. The number of rotatable bonds is 5. The summed E-state index contributed by atoms with van der Waals surface area (Å²) in [6, 6.07) is 8.46. The van der Waals surface area contributed by atoms with Gasteiger partial charge in [0.05, 0.1) is 6.54 Å². The molecular weight excluding hydrogens is 334 g/mol. The second-order valence-electron chi connectivity index (χ2n) is 7.61. The van der Waals surface area contributed by atoms with Crippen molar-refractivity contribution in [3.8, 4) is 0 Å². The lowest BCUT2D eigenvalue weighted by atomic mass is 9.86. The molecule has 1 aliphatic carbocycles. The first-order chi connectivity index (χ1) is 12.1. The van der Waals surface area contributed by atoms with Gasteiger partial charge in [0.1, 0.15) is 0 Å². The fourth-order valence-electron chi connectivity index (χ4n) is 3.94. The first kappa shape index (κ1) is 18.7. The predicted octanol–water partition coefficient (Wildman–Crippen LogP) is 3.15. The van der Waals surface area contributed by atoms with Crippen LogP contribution in [0.2, 0.25) is 5.02 Å². The van der Waals surface area contributed by atoms with Crippen molar-refractivity contribution in [2.24, 2.45) is 5.92 Å². The quantitative estimate of drug-likeness (QED) is 0.872. The molecule has 1 saturated carbocycles. The van der Waals surface area contributed by atoms with Crippen LogP contribution in [0.25, 0.3) is 0 Å². The van der Waals surface area contributed by atoms with Crippen molar-refractivity contribution >= 4 is 17.5 Å². The Hall–Kier alpha value is -1.10. The molecule has 5 heteroatoms. The number of nitrogens with zero attached hydrogens (tertiary/aromatic N) is 2. The maximum Gasteiger partial charge on any atom is 0.234 e. The van der Waals surface area contributed by atoms with Crippen molar-refractivity contribution < 1.29 is 4.79 Å². The van der Waals surface area contributed by atoms with Crippen LogP contribution in [0.15, 0.2) is 24.3 Å². The molecule has 2 unspecified atom stereocenters. The molecule has 3 rings (SSSR count). The van der Waals surface area contributed by atoms with Crippen molar-refractivity contribution in [2.45, 2.75) is 45.2 Å². The molecular formula is C20H30ClN3O. The summed E-state index contributed by atoms with van der Waals surface area (Å²) >= 11 is 5.94. The summed E-state index contributed by atoms with van der Waals surface area (Å²) in [6.45, 7) is 7.70. The van der Waals surface area contributed by atoms with E-state index in [2.05, 4.69) is 34.2 Å². The Morgan fingerprint density at radius 2 is 1.72 bits per heavy atom. The second kappa shape index (κ2) is 9.02. The fraction of sp³-hybridized carbons (Fsp3) is 0.650. The van der Waals surface area contributed by atoms with E-state index in [9.17, 15) is 4.79 Å². The van der Waals surface area contributed by atoms with E-state index >= 15 is 0 Å². The molecule has 1 saturated heterocycles. The van der Waals surface area contributed by atoms with Gasteiger partial charge in [-0.3, -0.25) is 14.6 Å². The summed E-state index contributed by atoms with van der Waals surface area (Å²) in [6.07, 6.45) is 4.94. The largest absolute Gasteiger partial charge is 0.352 e. The third-order valence-electron chi connectivity index (χ3n) is 5.61. The van der Waals surface area contributed by atoms with E-state index in [1.807, 2.05) is 12.1 Å². The third-order valence-corrected chi connectivity index (χ3v) is 5.86. The van der Waals surface area contributed by atoms with Crippen LogP contribution in [0, 0.1) is 5.92 Å². The second-order valence-corrected chi connectivity index (χ2v) is 8.05. The van der Waals surface area contributed by atoms with Gasteiger partial charge in [-0.1, -0.05) is 43.5 Å². The van der Waals surface area contributed by atoms with Crippen molar-refractivity contribution in [3.63, 3.8) is 0 Å². The number of benzene rings is 1. The minimum Gasteiger partial charge on any atom is -0.352 e. The van der Waals surface area contributed by atoms with Crippen LogP contribution in [0.3, 0.4) is 0 Å².